The molecule has 1 N–H and O–H groups in total. The monoisotopic (exact) mass is 221 g/mol. The number of thiazole rings is 1. The minimum absolute atomic E-state index is 0.931. The number of hydrogen-bond acceptors (Lipinski definition) is 3. The largest absolute Gasteiger partial charge is 0.348 e. The molecule has 0 bridgehead atoms. The van der Waals surface area contributed by atoms with Crippen LogP contribution in [0.25, 0.3) is 0 Å². The van der Waals surface area contributed by atoms with Crippen molar-refractivity contribution >= 4 is 11.3 Å². The van der Waals surface area contributed by atoms with Gasteiger partial charge in [-0.15, -0.1) is 11.3 Å². The molecule has 4 heteroatoms. The van der Waals surface area contributed by atoms with E-state index in [0.717, 1.165) is 25.0 Å². The molecule has 15 heavy (non-hydrogen) atoms. The van der Waals surface area contributed by atoms with Gasteiger partial charge in [-0.3, -0.25) is 0 Å². The Balaban J connectivity index is 2.23. The maximum atomic E-state index is 4.61. The van der Waals surface area contributed by atoms with E-state index in [2.05, 4.69) is 28.8 Å². The van der Waals surface area contributed by atoms with E-state index < -0.39 is 0 Å². The van der Waals surface area contributed by atoms with Gasteiger partial charge in [0.25, 0.3) is 0 Å². The van der Waals surface area contributed by atoms with Gasteiger partial charge in [-0.05, 0) is 12.8 Å². The highest BCUT2D eigenvalue weighted by atomic mass is 32.1. The average Bonchev–Trinajstić information content (AvgIpc) is 2.87. The van der Waals surface area contributed by atoms with Gasteiger partial charge in [0, 0.05) is 23.2 Å². The van der Waals surface area contributed by atoms with Crippen molar-refractivity contribution in [3.05, 3.63) is 33.8 Å². The van der Waals surface area contributed by atoms with Gasteiger partial charge < -0.3 is 4.98 Å². The van der Waals surface area contributed by atoms with Crippen LogP contribution < -0.4 is 0 Å². The van der Waals surface area contributed by atoms with Crippen molar-refractivity contribution in [2.45, 2.75) is 33.1 Å². The van der Waals surface area contributed by atoms with E-state index in [4.69, 9.17) is 0 Å². The summed E-state index contributed by atoms with van der Waals surface area (Å²) in [6, 6.07) is 0. The summed E-state index contributed by atoms with van der Waals surface area (Å²) < 4.78 is 0. The molecule has 0 atom stereocenters. The van der Waals surface area contributed by atoms with Crippen molar-refractivity contribution in [2.24, 2.45) is 0 Å². The second kappa shape index (κ2) is 4.57. The lowest BCUT2D eigenvalue weighted by atomic mass is 10.2. The first kappa shape index (κ1) is 10.4. The van der Waals surface area contributed by atoms with E-state index in [1.807, 2.05) is 17.5 Å². The van der Waals surface area contributed by atoms with Crippen molar-refractivity contribution < 1.29 is 0 Å². The van der Waals surface area contributed by atoms with Gasteiger partial charge >= 0.3 is 0 Å². The topological polar surface area (TPSA) is 41.6 Å². The van der Waals surface area contributed by atoms with E-state index in [9.17, 15) is 0 Å². The second-order valence-corrected chi connectivity index (χ2v) is 4.61. The number of nitrogens with zero attached hydrogens (tertiary/aromatic N) is 2. The lowest BCUT2D eigenvalue weighted by Gasteiger charge is -1.96. The van der Waals surface area contributed by atoms with Crippen LogP contribution in [0.2, 0.25) is 0 Å². The zero-order chi connectivity index (χ0) is 10.7. The maximum Gasteiger partial charge on any atom is 0.0928 e. The molecule has 0 radical (unpaired) electrons. The Bertz CT molecular complexity index is 417. The third-order valence-electron chi connectivity index (χ3n) is 2.37. The van der Waals surface area contributed by atoms with Crippen molar-refractivity contribution in [1.82, 2.24) is 15.0 Å². The average molecular weight is 221 g/mol. The standard InChI is InChI=1S/C11H15N3S/c1-3-9-10(15-11(4-2)14-9)5-8-6-12-7-13-8/h6-7H,3-5H2,1-2H3,(H,12,13). The van der Waals surface area contributed by atoms with E-state index in [0.29, 0.717) is 0 Å². The minimum atomic E-state index is 0.931. The number of imidazole rings is 1. The highest BCUT2D eigenvalue weighted by molar-refractivity contribution is 7.11. The lowest BCUT2D eigenvalue weighted by molar-refractivity contribution is 0.974. The third kappa shape index (κ3) is 2.26. The molecule has 0 saturated carbocycles. The number of hydrogen-bond donors (Lipinski definition) is 1. The maximum absolute atomic E-state index is 4.61. The zero-order valence-electron chi connectivity index (χ0n) is 9.08. The molecular weight excluding hydrogens is 206 g/mol. The predicted octanol–water partition coefficient (Wildman–Crippen LogP) is 2.58. The van der Waals surface area contributed by atoms with Gasteiger partial charge in [-0.2, -0.15) is 0 Å². The number of aromatic amines is 1. The minimum Gasteiger partial charge on any atom is -0.348 e. The van der Waals surface area contributed by atoms with Crippen molar-refractivity contribution in [1.29, 1.82) is 0 Å². The van der Waals surface area contributed by atoms with Crippen LogP contribution in [-0.2, 0) is 19.3 Å². The fraction of sp³-hybridized carbons (Fsp3) is 0.455. The third-order valence-corrected chi connectivity index (χ3v) is 3.61. The molecule has 0 aliphatic rings. The van der Waals surface area contributed by atoms with Crippen molar-refractivity contribution in [3.63, 3.8) is 0 Å². The van der Waals surface area contributed by atoms with E-state index in [1.165, 1.54) is 15.6 Å². The van der Waals surface area contributed by atoms with Gasteiger partial charge in [0.05, 0.1) is 17.0 Å². The van der Waals surface area contributed by atoms with Crippen LogP contribution in [-0.4, -0.2) is 15.0 Å². The van der Waals surface area contributed by atoms with Gasteiger partial charge in [0.15, 0.2) is 0 Å². The molecule has 0 fully saturated rings. The Morgan fingerprint density at radius 3 is 2.80 bits per heavy atom. The van der Waals surface area contributed by atoms with Gasteiger partial charge in [0.1, 0.15) is 0 Å². The Morgan fingerprint density at radius 1 is 1.33 bits per heavy atom. The quantitative estimate of drug-likeness (QED) is 0.862. The van der Waals surface area contributed by atoms with Gasteiger partial charge in [-0.25, -0.2) is 9.97 Å². The summed E-state index contributed by atoms with van der Waals surface area (Å²) in [5.74, 6) is 0. The molecule has 2 aromatic rings. The molecule has 0 aliphatic heterocycles. The Labute approximate surface area is 93.6 Å². The molecule has 0 unspecified atom stereocenters. The van der Waals surface area contributed by atoms with Crippen LogP contribution in [0.1, 0.15) is 35.1 Å². The fourth-order valence-corrected chi connectivity index (χ4v) is 2.68. The molecule has 0 saturated heterocycles. The van der Waals surface area contributed by atoms with Crippen LogP contribution in [0.5, 0.6) is 0 Å². The van der Waals surface area contributed by atoms with Crippen molar-refractivity contribution in [2.75, 3.05) is 0 Å². The SMILES string of the molecule is CCc1nc(CC)c(Cc2cnc[nH]2)s1. The summed E-state index contributed by atoms with van der Waals surface area (Å²) in [4.78, 5) is 13.1. The highest BCUT2D eigenvalue weighted by Gasteiger charge is 2.09. The predicted molar refractivity (Wildman–Crippen MR) is 62.3 cm³/mol. The van der Waals surface area contributed by atoms with Crippen molar-refractivity contribution in [3.8, 4) is 0 Å². The molecule has 3 nitrogen and oxygen atoms in total. The molecule has 0 aromatic carbocycles. The van der Waals surface area contributed by atoms with Crippen LogP contribution in [0, 0.1) is 0 Å². The van der Waals surface area contributed by atoms with Gasteiger partial charge in [-0.1, -0.05) is 13.8 Å². The molecule has 0 aliphatic carbocycles. The molecule has 0 spiro atoms. The molecule has 0 amide bonds. The second-order valence-electron chi connectivity index (χ2n) is 3.44. The molecular formula is C11H15N3S. The molecule has 2 rings (SSSR count). The molecule has 2 heterocycles. The first-order chi connectivity index (χ1) is 7.33. The van der Waals surface area contributed by atoms with Crippen LogP contribution >= 0.6 is 11.3 Å². The summed E-state index contributed by atoms with van der Waals surface area (Å²) >= 11 is 1.82. The first-order valence-corrected chi connectivity index (χ1v) is 6.09. The summed E-state index contributed by atoms with van der Waals surface area (Å²) in [5, 5.41) is 1.24. The summed E-state index contributed by atoms with van der Waals surface area (Å²) in [7, 11) is 0. The number of nitrogens with one attached hydrogen (secondary N) is 1. The first-order valence-electron chi connectivity index (χ1n) is 5.28. The number of aromatic nitrogens is 3. The smallest absolute Gasteiger partial charge is 0.0928 e. The van der Waals surface area contributed by atoms with Crippen LogP contribution in [0.4, 0.5) is 0 Å². The summed E-state index contributed by atoms with van der Waals surface area (Å²) in [6.45, 7) is 4.31. The number of H-pyrrole nitrogens is 1. The molecule has 2 aromatic heterocycles. The van der Waals surface area contributed by atoms with E-state index >= 15 is 0 Å². The highest BCUT2D eigenvalue weighted by Crippen LogP contribution is 2.22. The van der Waals surface area contributed by atoms with Crippen LogP contribution in [0.3, 0.4) is 0 Å². The lowest BCUT2D eigenvalue weighted by Crippen LogP contribution is -1.91. The summed E-state index contributed by atoms with van der Waals surface area (Å²) in [5.41, 5.74) is 2.41. The van der Waals surface area contributed by atoms with Gasteiger partial charge in [0.2, 0.25) is 0 Å². The normalized spacial score (nSPS) is 10.8. The molecule has 80 valence electrons. The summed E-state index contributed by atoms with van der Waals surface area (Å²) in [6.07, 6.45) is 6.58. The zero-order valence-corrected chi connectivity index (χ0v) is 9.90. The van der Waals surface area contributed by atoms with E-state index in [1.54, 1.807) is 6.33 Å². The Kier molecular flexibility index (Phi) is 3.16. The Morgan fingerprint density at radius 2 is 2.20 bits per heavy atom. The number of aryl methyl sites for hydroxylation is 2. The Hall–Kier alpha value is -1.16. The van der Waals surface area contributed by atoms with Crippen LogP contribution in [0.15, 0.2) is 12.5 Å². The van der Waals surface area contributed by atoms with E-state index in [-0.39, 0.29) is 0 Å². The fourth-order valence-electron chi connectivity index (χ4n) is 1.56. The number of rotatable bonds is 4.